The predicted molar refractivity (Wildman–Crippen MR) is 127 cm³/mol. The van der Waals surface area contributed by atoms with Gasteiger partial charge in [0.05, 0.1) is 30.6 Å². The van der Waals surface area contributed by atoms with E-state index < -0.39 is 17.8 Å². The van der Waals surface area contributed by atoms with Crippen LogP contribution in [0, 0.1) is 0 Å². The van der Waals surface area contributed by atoms with Crippen molar-refractivity contribution in [2.75, 3.05) is 19.5 Å². The van der Waals surface area contributed by atoms with Crippen molar-refractivity contribution in [3.63, 3.8) is 0 Å². The number of carbonyl (C=O) groups is 1. The number of para-hydroxylation sites is 1. The van der Waals surface area contributed by atoms with Crippen LogP contribution in [0.4, 0.5) is 18.9 Å². The maximum Gasteiger partial charge on any atom is 0.435 e. The van der Waals surface area contributed by atoms with Crippen molar-refractivity contribution in [3.05, 3.63) is 89.1 Å². The quantitative estimate of drug-likeness (QED) is 0.328. The number of rotatable bonds is 6. The minimum Gasteiger partial charge on any atom is -0.493 e. The molecule has 4 aromatic rings. The molecule has 0 radical (unpaired) electrons. The molecule has 0 aliphatic rings. The van der Waals surface area contributed by atoms with Crippen LogP contribution in [-0.4, -0.2) is 29.9 Å². The Morgan fingerprint density at radius 1 is 0.943 bits per heavy atom. The predicted octanol–water partition coefficient (Wildman–Crippen LogP) is 6.48. The molecule has 0 fully saturated rings. The van der Waals surface area contributed by atoms with Gasteiger partial charge in [-0.25, -0.2) is 4.68 Å². The van der Waals surface area contributed by atoms with Gasteiger partial charge in [-0.15, -0.1) is 0 Å². The Balaban J connectivity index is 1.64. The second-order valence-electron chi connectivity index (χ2n) is 7.38. The van der Waals surface area contributed by atoms with Crippen LogP contribution < -0.4 is 14.8 Å². The lowest BCUT2D eigenvalue weighted by atomic mass is 10.1. The molecule has 35 heavy (non-hydrogen) atoms. The molecule has 0 saturated heterocycles. The van der Waals surface area contributed by atoms with Crippen LogP contribution in [0.25, 0.3) is 16.9 Å². The lowest BCUT2D eigenvalue weighted by Crippen LogP contribution is -2.12. The zero-order valence-corrected chi connectivity index (χ0v) is 19.3. The number of hydrogen-bond acceptors (Lipinski definition) is 4. The fraction of sp³-hybridized carbons (Fsp3) is 0.120. The van der Waals surface area contributed by atoms with Gasteiger partial charge < -0.3 is 14.8 Å². The third-order valence-corrected chi connectivity index (χ3v) is 5.48. The number of alkyl halides is 3. The van der Waals surface area contributed by atoms with Gasteiger partial charge in [-0.1, -0.05) is 35.9 Å². The van der Waals surface area contributed by atoms with Gasteiger partial charge in [0.1, 0.15) is 0 Å². The first-order valence-corrected chi connectivity index (χ1v) is 10.6. The average Bonchev–Trinajstić information content (AvgIpc) is 3.30. The van der Waals surface area contributed by atoms with Gasteiger partial charge in [0.15, 0.2) is 17.2 Å². The molecular formula is C25H19ClF3N3O3. The number of ether oxygens (including phenoxy) is 2. The van der Waals surface area contributed by atoms with Crippen LogP contribution in [0.1, 0.15) is 16.1 Å². The molecule has 1 heterocycles. The van der Waals surface area contributed by atoms with Crippen LogP contribution in [0.15, 0.2) is 72.8 Å². The van der Waals surface area contributed by atoms with E-state index in [0.29, 0.717) is 34.0 Å². The summed E-state index contributed by atoms with van der Waals surface area (Å²) in [7, 11) is 2.99. The van der Waals surface area contributed by atoms with Crippen LogP contribution in [-0.2, 0) is 6.18 Å². The van der Waals surface area contributed by atoms with E-state index in [1.807, 2.05) is 0 Å². The van der Waals surface area contributed by atoms with Crippen LogP contribution in [0.3, 0.4) is 0 Å². The average molecular weight is 502 g/mol. The SMILES string of the molecule is COc1ccc(NC(=O)c2ccc(-c3cc(C(F)(F)F)nn3-c3ccccc3Cl)cc2)cc1OC. The van der Waals surface area contributed by atoms with Gasteiger partial charge in [0.25, 0.3) is 5.91 Å². The number of methoxy groups -OCH3 is 2. The monoisotopic (exact) mass is 501 g/mol. The molecule has 0 spiro atoms. The van der Waals surface area contributed by atoms with Crippen molar-refractivity contribution in [1.29, 1.82) is 0 Å². The highest BCUT2D eigenvalue weighted by molar-refractivity contribution is 6.32. The minimum atomic E-state index is -4.64. The van der Waals surface area contributed by atoms with Gasteiger partial charge in [-0.2, -0.15) is 18.3 Å². The Bertz CT molecular complexity index is 1370. The zero-order chi connectivity index (χ0) is 25.2. The number of aromatic nitrogens is 2. The van der Waals surface area contributed by atoms with Gasteiger partial charge in [0.2, 0.25) is 0 Å². The highest BCUT2D eigenvalue weighted by atomic mass is 35.5. The van der Waals surface area contributed by atoms with E-state index in [1.54, 1.807) is 54.6 Å². The number of nitrogens with zero attached hydrogens (tertiary/aromatic N) is 2. The van der Waals surface area contributed by atoms with Crippen LogP contribution in [0.5, 0.6) is 11.5 Å². The maximum absolute atomic E-state index is 13.4. The molecule has 3 aromatic carbocycles. The largest absolute Gasteiger partial charge is 0.493 e. The lowest BCUT2D eigenvalue weighted by Gasteiger charge is -2.11. The molecule has 1 N–H and O–H groups in total. The van der Waals surface area contributed by atoms with Crippen LogP contribution in [0.2, 0.25) is 5.02 Å². The number of hydrogen-bond donors (Lipinski definition) is 1. The van der Waals surface area contributed by atoms with Crippen molar-refractivity contribution in [3.8, 4) is 28.4 Å². The summed E-state index contributed by atoms with van der Waals surface area (Å²) in [5, 5.41) is 6.74. The summed E-state index contributed by atoms with van der Waals surface area (Å²) >= 11 is 6.21. The third-order valence-electron chi connectivity index (χ3n) is 5.16. The fourth-order valence-corrected chi connectivity index (χ4v) is 3.66. The number of carbonyl (C=O) groups excluding carboxylic acids is 1. The van der Waals surface area contributed by atoms with E-state index in [-0.39, 0.29) is 10.7 Å². The summed E-state index contributed by atoms with van der Waals surface area (Å²) in [6.45, 7) is 0. The fourth-order valence-electron chi connectivity index (χ4n) is 3.44. The molecule has 0 bridgehead atoms. The molecule has 4 rings (SSSR count). The molecule has 6 nitrogen and oxygen atoms in total. The van der Waals surface area contributed by atoms with E-state index >= 15 is 0 Å². The first-order chi connectivity index (χ1) is 16.7. The van der Waals surface area contributed by atoms with E-state index in [1.165, 1.54) is 26.4 Å². The smallest absolute Gasteiger partial charge is 0.435 e. The Morgan fingerprint density at radius 3 is 2.26 bits per heavy atom. The highest BCUT2D eigenvalue weighted by Gasteiger charge is 2.35. The number of anilines is 1. The Labute approximate surface area is 203 Å². The molecule has 1 amide bonds. The molecular weight excluding hydrogens is 483 g/mol. The molecule has 0 aliphatic carbocycles. The molecule has 0 unspecified atom stereocenters. The van der Waals surface area contributed by atoms with Crippen molar-refractivity contribution < 1.29 is 27.4 Å². The number of halogens is 4. The summed E-state index contributed by atoms with van der Waals surface area (Å²) in [5.74, 6) is 0.566. The van der Waals surface area contributed by atoms with Crippen molar-refractivity contribution >= 4 is 23.2 Å². The summed E-state index contributed by atoms with van der Waals surface area (Å²) in [5.41, 5.74) is 0.650. The molecule has 0 atom stereocenters. The Morgan fingerprint density at radius 2 is 1.63 bits per heavy atom. The molecule has 1 aromatic heterocycles. The number of benzene rings is 3. The Hall–Kier alpha value is -3.98. The topological polar surface area (TPSA) is 65.4 Å². The third kappa shape index (κ3) is 5.09. The maximum atomic E-state index is 13.4. The van der Waals surface area contributed by atoms with E-state index in [2.05, 4.69) is 10.4 Å². The number of nitrogens with one attached hydrogen (secondary N) is 1. The standard InChI is InChI=1S/C25H19ClF3N3O3/c1-34-21-12-11-17(13-22(21)35-2)30-24(33)16-9-7-15(8-10-16)20-14-23(25(27,28)29)31-32(20)19-6-4-3-5-18(19)26/h3-14H,1-2H3,(H,30,33). The molecule has 10 heteroatoms. The normalized spacial score (nSPS) is 11.3. The van der Waals surface area contributed by atoms with E-state index in [4.69, 9.17) is 21.1 Å². The molecule has 0 aliphatic heterocycles. The molecule has 180 valence electrons. The highest BCUT2D eigenvalue weighted by Crippen LogP contribution is 2.35. The second kappa shape index (κ2) is 9.71. The summed E-state index contributed by atoms with van der Waals surface area (Å²) < 4.78 is 51.8. The lowest BCUT2D eigenvalue weighted by molar-refractivity contribution is -0.141. The zero-order valence-electron chi connectivity index (χ0n) is 18.6. The van der Waals surface area contributed by atoms with Gasteiger partial charge in [-0.05, 0) is 42.5 Å². The van der Waals surface area contributed by atoms with Crippen molar-refractivity contribution in [2.24, 2.45) is 0 Å². The van der Waals surface area contributed by atoms with Gasteiger partial charge in [-0.3, -0.25) is 4.79 Å². The summed E-state index contributed by atoms with van der Waals surface area (Å²) in [6.07, 6.45) is -4.64. The second-order valence-corrected chi connectivity index (χ2v) is 7.78. The summed E-state index contributed by atoms with van der Waals surface area (Å²) in [6, 6.07) is 18.5. The van der Waals surface area contributed by atoms with Gasteiger partial charge >= 0.3 is 6.18 Å². The van der Waals surface area contributed by atoms with E-state index in [9.17, 15) is 18.0 Å². The van der Waals surface area contributed by atoms with Crippen molar-refractivity contribution in [2.45, 2.75) is 6.18 Å². The summed E-state index contributed by atoms with van der Waals surface area (Å²) in [4.78, 5) is 12.7. The van der Waals surface area contributed by atoms with Crippen molar-refractivity contribution in [1.82, 2.24) is 9.78 Å². The first kappa shape index (κ1) is 24.2. The minimum absolute atomic E-state index is 0.178. The first-order valence-electron chi connectivity index (χ1n) is 10.3. The number of amides is 1. The van der Waals surface area contributed by atoms with Crippen LogP contribution >= 0.6 is 11.6 Å². The Kier molecular flexibility index (Phi) is 6.70. The molecule has 0 saturated carbocycles. The van der Waals surface area contributed by atoms with Gasteiger partial charge in [0, 0.05) is 22.9 Å². The van der Waals surface area contributed by atoms with E-state index in [0.717, 1.165) is 10.7 Å².